The van der Waals surface area contributed by atoms with E-state index in [9.17, 15) is 4.21 Å². The number of benzene rings is 2. The summed E-state index contributed by atoms with van der Waals surface area (Å²) in [6.07, 6.45) is 0.831. The van der Waals surface area contributed by atoms with Crippen LogP contribution in [-0.4, -0.2) is 9.96 Å². The van der Waals surface area contributed by atoms with Crippen molar-refractivity contribution in [3.8, 4) is 0 Å². The second-order valence-corrected chi connectivity index (χ2v) is 5.85. The van der Waals surface area contributed by atoms with Gasteiger partial charge in [0, 0.05) is 16.3 Å². The highest BCUT2D eigenvalue weighted by atomic mass is 32.2. The fourth-order valence-corrected chi connectivity index (χ4v) is 3.17. The van der Waals surface area contributed by atoms with Gasteiger partial charge in [-0.3, -0.25) is 4.21 Å². The maximum absolute atomic E-state index is 12.2. The predicted octanol–water partition coefficient (Wildman–Crippen LogP) is 2.93. The highest BCUT2D eigenvalue weighted by Crippen LogP contribution is 2.17. The number of hydrogen-bond donors (Lipinski definition) is 1. The second kappa shape index (κ2) is 5.83. The number of rotatable bonds is 4. The normalized spacial score (nSPS) is 12.3. The van der Waals surface area contributed by atoms with Crippen molar-refractivity contribution in [2.45, 2.75) is 18.2 Å². The summed E-state index contributed by atoms with van der Waals surface area (Å²) in [5, 5.41) is 0. The Bertz CT molecular complexity index is 552. The van der Waals surface area contributed by atoms with Crippen LogP contribution >= 0.6 is 0 Å². The summed E-state index contributed by atoms with van der Waals surface area (Å²) in [7, 11) is -0.959. The van der Waals surface area contributed by atoms with Crippen molar-refractivity contribution in [1.29, 1.82) is 0 Å². The average molecular weight is 259 g/mol. The van der Waals surface area contributed by atoms with E-state index < -0.39 is 10.8 Å². The fourth-order valence-electron chi connectivity index (χ4n) is 1.89. The maximum atomic E-state index is 12.2. The molecule has 0 saturated heterocycles. The second-order valence-electron chi connectivity index (χ2n) is 4.31. The molecule has 0 aliphatic rings. The molecule has 1 unspecified atom stereocenters. The lowest BCUT2D eigenvalue weighted by Crippen LogP contribution is -2.03. The van der Waals surface area contributed by atoms with Crippen LogP contribution in [0.5, 0.6) is 0 Å². The van der Waals surface area contributed by atoms with E-state index in [2.05, 4.69) is 12.1 Å². The Hall–Kier alpha value is -1.61. The van der Waals surface area contributed by atoms with Crippen LogP contribution in [0.1, 0.15) is 11.1 Å². The average Bonchev–Trinajstić information content (AvgIpc) is 2.37. The first-order chi connectivity index (χ1) is 8.66. The first-order valence-electron chi connectivity index (χ1n) is 5.95. The number of aryl methyl sites for hydroxylation is 2. The van der Waals surface area contributed by atoms with Gasteiger partial charge in [-0.2, -0.15) is 0 Å². The van der Waals surface area contributed by atoms with E-state index >= 15 is 0 Å². The Morgan fingerprint density at radius 3 is 2.50 bits per heavy atom. The molecule has 3 heteroatoms. The lowest BCUT2D eigenvalue weighted by molar-refractivity contribution is 0.682. The van der Waals surface area contributed by atoms with E-state index in [0.717, 1.165) is 22.6 Å². The van der Waals surface area contributed by atoms with Crippen LogP contribution in [0.4, 0.5) is 5.69 Å². The molecule has 0 amide bonds. The van der Waals surface area contributed by atoms with Gasteiger partial charge in [0.25, 0.3) is 0 Å². The molecule has 0 aliphatic carbocycles. The highest BCUT2D eigenvalue weighted by Gasteiger charge is 2.07. The summed E-state index contributed by atoms with van der Waals surface area (Å²) >= 11 is 0. The molecule has 94 valence electrons. The van der Waals surface area contributed by atoms with Crippen molar-refractivity contribution in [1.82, 2.24) is 0 Å². The number of anilines is 1. The molecular weight excluding hydrogens is 242 g/mol. The van der Waals surface area contributed by atoms with E-state index in [4.69, 9.17) is 5.73 Å². The number of hydrogen-bond acceptors (Lipinski definition) is 2. The third kappa shape index (κ3) is 3.20. The van der Waals surface area contributed by atoms with Gasteiger partial charge in [-0.15, -0.1) is 0 Å². The largest absolute Gasteiger partial charge is 0.399 e. The molecule has 0 aromatic heterocycles. The molecule has 1 atom stereocenters. The van der Waals surface area contributed by atoms with Crippen LogP contribution in [0.15, 0.2) is 53.4 Å². The van der Waals surface area contributed by atoms with E-state index in [-0.39, 0.29) is 0 Å². The van der Waals surface area contributed by atoms with Gasteiger partial charge in [0.1, 0.15) is 0 Å². The Morgan fingerprint density at radius 1 is 1.11 bits per heavy atom. The molecule has 0 aliphatic heterocycles. The molecule has 2 aromatic rings. The smallest absolute Gasteiger partial charge is 0.0535 e. The van der Waals surface area contributed by atoms with E-state index in [1.165, 1.54) is 5.56 Å². The van der Waals surface area contributed by atoms with Crippen LogP contribution < -0.4 is 5.73 Å². The summed E-state index contributed by atoms with van der Waals surface area (Å²) in [4.78, 5) is 0.889. The third-order valence-corrected chi connectivity index (χ3v) is 4.39. The lowest BCUT2D eigenvalue weighted by Gasteiger charge is -2.07. The number of nitrogens with two attached hydrogens (primary N) is 1. The summed E-state index contributed by atoms with van der Waals surface area (Å²) in [6.45, 7) is 1.95. The monoisotopic (exact) mass is 259 g/mol. The van der Waals surface area contributed by atoms with Gasteiger partial charge in [0.15, 0.2) is 0 Å². The van der Waals surface area contributed by atoms with Crippen LogP contribution in [-0.2, 0) is 17.2 Å². The minimum Gasteiger partial charge on any atom is -0.399 e. The molecule has 0 fully saturated rings. The summed E-state index contributed by atoms with van der Waals surface area (Å²) < 4.78 is 12.2. The van der Waals surface area contributed by atoms with Crippen molar-refractivity contribution in [2.75, 3.05) is 11.5 Å². The third-order valence-electron chi connectivity index (χ3n) is 2.86. The molecule has 2 nitrogen and oxygen atoms in total. The molecule has 0 bridgehead atoms. The number of nitrogen functional groups attached to an aromatic ring is 1. The van der Waals surface area contributed by atoms with Gasteiger partial charge in [-0.25, -0.2) is 0 Å². The molecule has 18 heavy (non-hydrogen) atoms. The zero-order chi connectivity index (χ0) is 13.0. The van der Waals surface area contributed by atoms with E-state index in [1.54, 1.807) is 0 Å². The highest BCUT2D eigenvalue weighted by molar-refractivity contribution is 7.85. The fraction of sp³-hybridized carbons (Fsp3) is 0.200. The van der Waals surface area contributed by atoms with Crippen molar-refractivity contribution < 1.29 is 4.21 Å². The Kier molecular flexibility index (Phi) is 4.15. The van der Waals surface area contributed by atoms with Crippen LogP contribution in [0.3, 0.4) is 0 Å². The molecule has 0 heterocycles. The van der Waals surface area contributed by atoms with Crippen LogP contribution in [0.25, 0.3) is 0 Å². The maximum Gasteiger partial charge on any atom is 0.0535 e. The first-order valence-corrected chi connectivity index (χ1v) is 7.27. The van der Waals surface area contributed by atoms with Crippen LogP contribution in [0, 0.1) is 6.92 Å². The zero-order valence-corrected chi connectivity index (χ0v) is 11.2. The lowest BCUT2D eigenvalue weighted by atomic mass is 10.2. The molecular formula is C15H17NOS. The van der Waals surface area contributed by atoms with Gasteiger partial charge < -0.3 is 5.73 Å². The first kappa shape index (κ1) is 12.8. The zero-order valence-electron chi connectivity index (χ0n) is 10.4. The predicted molar refractivity (Wildman–Crippen MR) is 77.0 cm³/mol. The van der Waals surface area contributed by atoms with Gasteiger partial charge in [-0.05, 0) is 42.7 Å². The Balaban J connectivity index is 2.04. The van der Waals surface area contributed by atoms with Gasteiger partial charge in [0.05, 0.1) is 10.8 Å². The minimum atomic E-state index is -0.959. The van der Waals surface area contributed by atoms with Crippen molar-refractivity contribution in [3.05, 3.63) is 59.7 Å². The minimum absolute atomic E-state index is 0.648. The van der Waals surface area contributed by atoms with Crippen molar-refractivity contribution in [2.24, 2.45) is 0 Å². The van der Waals surface area contributed by atoms with E-state index in [0.29, 0.717) is 5.75 Å². The molecule has 0 radical (unpaired) electrons. The molecule has 2 aromatic carbocycles. The van der Waals surface area contributed by atoms with Crippen LogP contribution in [0.2, 0.25) is 0 Å². The molecule has 0 spiro atoms. The topological polar surface area (TPSA) is 43.1 Å². The van der Waals surface area contributed by atoms with Crippen molar-refractivity contribution >= 4 is 16.5 Å². The standard InChI is InChI=1S/C15H17NOS/c1-12-11-14(16)7-8-15(12)18(17)10-9-13-5-3-2-4-6-13/h2-8,11H,9-10,16H2,1H3. The SMILES string of the molecule is Cc1cc(N)ccc1S(=O)CCc1ccccc1. The summed E-state index contributed by atoms with van der Waals surface area (Å²) in [5.74, 6) is 0.648. The summed E-state index contributed by atoms with van der Waals surface area (Å²) in [6, 6.07) is 15.7. The Morgan fingerprint density at radius 2 is 1.83 bits per heavy atom. The van der Waals surface area contributed by atoms with Gasteiger partial charge in [-0.1, -0.05) is 30.3 Å². The van der Waals surface area contributed by atoms with E-state index in [1.807, 2.05) is 43.3 Å². The van der Waals surface area contributed by atoms with Crippen molar-refractivity contribution in [3.63, 3.8) is 0 Å². The quantitative estimate of drug-likeness (QED) is 0.858. The molecule has 2 N–H and O–H groups in total. The Labute approximate surface area is 110 Å². The van der Waals surface area contributed by atoms with Gasteiger partial charge in [0.2, 0.25) is 0 Å². The molecule has 2 rings (SSSR count). The molecule has 0 saturated carbocycles. The summed E-state index contributed by atoms with van der Waals surface area (Å²) in [5.41, 5.74) is 8.64. The van der Waals surface area contributed by atoms with Gasteiger partial charge >= 0.3 is 0 Å².